The lowest BCUT2D eigenvalue weighted by Crippen LogP contribution is -2.23. The molecular formula is C14H17F2N3. The number of nitrogens with zero attached hydrogens (tertiary/aromatic N) is 2. The van der Waals surface area contributed by atoms with Crippen molar-refractivity contribution in [1.82, 2.24) is 15.1 Å². The SMILES string of the molecule is CC(NCCc1cnn(C)c1)c1c(F)cccc1F. The third kappa shape index (κ3) is 3.38. The van der Waals surface area contributed by atoms with E-state index < -0.39 is 11.6 Å². The molecule has 1 aromatic carbocycles. The van der Waals surface area contributed by atoms with Gasteiger partial charge in [-0.15, -0.1) is 0 Å². The molecule has 0 spiro atoms. The minimum absolute atomic E-state index is 0.0914. The van der Waals surface area contributed by atoms with Gasteiger partial charge in [-0.25, -0.2) is 8.78 Å². The van der Waals surface area contributed by atoms with E-state index in [4.69, 9.17) is 0 Å². The number of benzene rings is 1. The van der Waals surface area contributed by atoms with Crippen molar-refractivity contribution in [3.05, 3.63) is 53.4 Å². The van der Waals surface area contributed by atoms with Crippen molar-refractivity contribution < 1.29 is 8.78 Å². The van der Waals surface area contributed by atoms with Gasteiger partial charge in [0.1, 0.15) is 11.6 Å². The molecule has 2 aromatic rings. The van der Waals surface area contributed by atoms with Crippen molar-refractivity contribution >= 4 is 0 Å². The van der Waals surface area contributed by atoms with Gasteiger partial charge < -0.3 is 5.32 Å². The van der Waals surface area contributed by atoms with Gasteiger partial charge in [0.2, 0.25) is 0 Å². The molecule has 0 saturated heterocycles. The summed E-state index contributed by atoms with van der Waals surface area (Å²) in [6.07, 6.45) is 4.49. The van der Waals surface area contributed by atoms with E-state index in [0.717, 1.165) is 12.0 Å². The van der Waals surface area contributed by atoms with Crippen LogP contribution in [0, 0.1) is 11.6 Å². The van der Waals surface area contributed by atoms with Gasteiger partial charge in [0.15, 0.2) is 0 Å². The molecule has 0 aliphatic rings. The van der Waals surface area contributed by atoms with Crippen LogP contribution in [0.1, 0.15) is 24.1 Å². The molecule has 0 fully saturated rings. The van der Waals surface area contributed by atoms with Gasteiger partial charge in [-0.05, 0) is 37.6 Å². The molecule has 19 heavy (non-hydrogen) atoms. The summed E-state index contributed by atoms with van der Waals surface area (Å²) in [5.41, 5.74) is 1.19. The van der Waals surface area contributed by atoms with E-state index in [2.05, 4.69) is 10.4 Å². The van der Waals surface area contributed by atoms with Crippen LogP contribution in [0.2, 0.25) is 0 Å². The summed E-state index contributed by atoms with van der Waals surface area (Å²) in [5, 5.41) is 7.19. The van der Waals surface area contributed by atoms with Crippen molar-refractivity contribution in [2.24, 2.45) is 7.05 Å². The predicted molar refractivity (Wildman–Crippen MR) is 69.7 cm³/mol. The van der Waals surface area contributed by atoms with Crippen LogP contribution in [0.4, 0.5) is 8.78 Å². The first-order valence-corrected chi connectivity index (χ1v) is 6.22. The highest BCUT2D eigenvalue weighted by molar-refractivity contribution is 5.22. The first kappa shape index (κ1) is 13.7. The van der Waals surface area contributed by atoms with E-state index >= 15 is 0 Å². The molecule has 1 aromatic heterocycles. The van der Waals surface area contributed by atoms with Crippen LogP contribution in [-0.2, 0) is 13.5 Å². The van der Waals surface area contributed by atoms with Crippen molar-refractivity contribution in [3.8, 4) is 0 Å². The molecule has 3 nitrogen and oxygen atoms in total. The molecule has 0 amide bonds. The van der Waals surface area contributed by atoms with Gasteiger partial charge in [-0.3, -0.25) is 4.68 Å². The van der Waals surface area contributed by atoms with Gasteiger partial charge >= 0.3 is 0 Å². The Bertz CT molecular complexity index is 531. The zero-order valence-corrected chi connectivity index (χ0v) is 11.0. The fraction of sp³-hybridized carbons (Fsp3) is 0.357. The second-order valence-corrected chi connectivity index (χ2v) is 4.58. The number of halogens is 2. The number of rotatable bonds is 5. The van der Waals surface area contributed by atoms with Gasteiger partial charge in [-0.2, -0.15) is 5.10 Å². The van der Waals surface area contributed by atoms with Crippen LogP contribution in [-0.4, -0.2) is 16.3 Å². The van der Waals surface area contributed by atoms with Crippen LogP contribution >= 0.6 is 0 Å². The smallest absolute Gasteiger partial charge is 0.130 e. The summed E-state index contributed by atoms with van der Waals surface area (Å²) in [6, 6.07) is 3.56. The van der Waals surface area contributed by atoms with Crippen LogP contribution < -0.4 is 5.32 Å². The molecule has 5 heteroatoms. The minimum atomic E-state index is -0.513. The number of nitrogens with one attached hydrogen (secondary N) is 1. The Morgan fingerprint density at radius 1 is 1.32 bits per heavy atom. The predicted octanol–water partition coefficient (Wildman–Crippen LogP) is 2.59. The van der Waals surface area contributed by atoms with Crippen LogP contribution in [0.5, 0.6) is 0 Å². The summed E-state index contributed by atoms with van der Waals surface area (Å²) in [4.78, 5) is 0. The fourth-order valence-corrected chi connectivity index (χ4v) is 2.06. The molecule has 1 N–H and O–H groups in total. The quantitative estimate of drug-likeness (QED) is 0.900. The standard InChI is InChI=1S/C14H17F2N3/c1-10(14-12(15)4-3-5-13(14)16)17-7-6-11-8-18-19(2)9-11/h3-5,8-10,17H,6-7H2,1-2H3. The van der Waals surface area contributed by atoms with Gasteiger partial charge in [0.25, 0.3) is 0 Å². The first-order valence-electron chi connectivity index (χ1n) is 6.22. The summed E-state index contributed by atoms with van der Waals surface area (Å²) in [7, 11) is 1.86. The van der Waals surface area contributed by atoms with Crippen LogP contribution in [0.25, 0.3) is 0 Å². The fourth-order valence-electron chi connectivity index (χ4n) is 2.06. The Labute approximate surface area is 111 Å². The average Bonchev–Trinajstić information content (AvgIpc) is 2.75. The molecule has 0 aliphatic carbocycles. The number of aromatic nitrogens is 2. The van der Waals surface area contributed by atoms with E-state index in [-0.39, 0.29) is 11.6 Å². The third-order valence-corrected chi connectivity index (χ3v) is 3.06. The van der Waals surface area contributed by atoms with Crippen molar-refractivity contribution in [3.63, 3.8) is 0 Å². The Morgan fingerprint density at radius 2 is 2.00 bits per heavy atom. The lowest BCUT2D eigenvalue weighted by Gasteiger charge is -2.15. The first-order chi connectivity index (χ1) is 9.08. The third-order valence-electron chi connectivity index (χ3n) is 3.06. The maximum absolute atomic E-state index is 13.6. The van der Waals surface area contributed by atoms with Gasteiger partial charge in [0, 0.05) is 24.8 Å². The maximum Gasteiger partial charge on any atom is 0.130 e. The topological polar surface area (TPSA) is 29.9 Å². The highest BCUT2D eigenvalue weighted by atomic mass is 19.1. The van der Waals surface area contributed by atoms with E-state index in [1.807, 2.05) is 13.2 Å². The molecule has 2 rings (SSSR count). The molecule has 0 radical (unpaired) electrons. The molecular weight excluding hydrogens is 248 g/mol. The Kier molecular flexibility index (Phi) is 4.27. The van der Waals surface area contributed by atoms with Crippen molar-refractivity contribution in [2.45, 2.75) is 19.4 Å². The molecule has 1 atom stereocenters. The zero-order valence-electron chi connectivity index (χ0n) is 11.0. The molecule has 0 aliphatic heterocycles. The lowest BCUT2D eigenvalue weighted by molar-refractivity contribution is 0.490. The summed E-state index contributed by atoms with van der Waals surface area (Å²) in [6.45, 7) is 2.39. The summed E-state index contributed by atoms with van der Waals surface area (Å²) < 4.78 is 28.9. The Hall–Kier alpha value is -1.75. The van der Waals surface area contributed by atoms with Gasteiger partial charge in [-0.1, -0.05) is 6.07 Å². The average molecular weight is 265 g/mol. The molecule has 0 saturated carbocycles. The molecule has 1 unspecified atom stereocenters. The van der Waals surface area contributed by atoms with Crippen molar-refractivity contribution in [1.29, 1.82) is 0 Å². The highest BCUT2D eigenvalue weighted by Crippen LogP contribution is 2.20. The Balaban J connectivity index is 1.92. The number of aryl methyl sites for hydroxylation is 1. The monoisotopic (exact) mass is 265 g/mol. The second kappa shape index (κ2) is 5.93. The van der Waals surface area contributed by atoms with Gasteiger partial charge in [0.05, 0.1) is 6.20 Å². The minimum Gasteiger partial charge on any atom is -0.310 e. The largest absolute Gasteiger partial charge is 0.310 e. The molecule has 1 heterocycles. The number of hydrogen-bond acceptors (Lipinski definition) is 2. The highest BCUT2D eigenvalue weighted by Gasteiger charge is 2.15. The van der Waals surface area contributed by atoms with Crippen LogP contribution in [0.15, 0.2) is 30.6 Å². The second-order valence-electron chi connectivity index (χ2n) is 4.58. The summed E-state index contributed by atoms with van der Waals surface area (Å²) >= 11 is 0. The van der Waals surface area contributed by atoms with Crippen molar-refractivity contribution in [2.75, 3.05) is 6.54 Å². The van der Waals surface area contributed by atoms with Crippen LogP contribution in [0.3, 0.4) is 0 Å². The molecule has 0 bridgehead atoms. The maximum atomic E-state index is 13.6. The lowest BCUT2D eigenvalue weighted by atomic mass is 10.1. The molecule has 102 valence electrons. The Morgan fingerprint density at radius 3 is 2.58 bits per heavy atom. The zero-order chi connectivity index (χ0) is 13.8. The summed E-state index contributed by atoms with van der Waals surface area (Å²) in [5.74, 6) is -1.03. The van der Waals surface area contributed by atoms with E-state index in [9.17, 15) is 8.78 Å². The van der Waals surface area contributed by atoms with E-state index in [1.165, 1.54) is 18.2 Å². The normalized spacial score (nSPS) is 12.6. The number of hydrogen-bond donors (Lipinski definition) is 1. The van der Waals surface area contributed by atoms with E-state index in [1.54, 1.807) is 17.8 Å². The van der Waals surface area contributed by atoms with E-state index in [0.29, 0.717) is 6.54 Å².